The Morgan fingerprint density at radius 3 is 1.36 bits per heavy atom. The van der Waals surface area contributed by atoms with Crippen molar-refractivity contribution in [3.05, 3.63) is 143 Å². The molecule has 6 rings (SSSR count). The van der Waals surface area contributed by atoms with Crippen LogP contribution in [0.25, 0.3) is 0 Å². The van der Waals surface area contributed by atoms with Gasteiger partial charge in [-0.2, -0.15) is 0 Å². The molecule has 2 aliphatic heterocycles. The summed E-state index contributed by atoms with van der Waals surface area (Å²) in [6.45, 7) is 15.0. The third-order valence-electron chi connectivity index (χ3n) is 10.2. The van der Waals surface area contributed by atoms with Crippen LogP contribution in [0.2, 0.25) is 0 Å². The van der Waals surface area contributed by atoms with Gasteiger partial charge in [-0.1, -0.05) is 124 Å². The number of carbonyl (C=O) groups is 4. The molecule has 2 atom stereocenters. The van der Waals surface area contributed by atoms with E-state index in [0.717, 1.165) is 16.7 Å². The van der Waals surface area contributed by atoms with E-state index in [1.165, 1.54) is 5.56 Å². The lowest BCUT2D eigenvalue weighted by Crippen LogP contribution is -2.68. The Kier molecular flexibility index (Phi) is 11.9. The molecule has 4 amide bonds. The minimum absolute atomic E-state index is 0.00313. The Hall–Kier alpha value is -4.89. The maximum absolute atomic E-state index is 12.9. The van der Waals surface area contributed by atoms with E-state index in [1.54, 1.807) is 11.8 Å². The number of benzene rings is 4. The highest BCUT2D eigenvalue weighted by Gasteiger charge is 2.47. The van der Waals surface area contributed by atoms with Crippen molar-refractivity contribution in [2.24, 2.45) is 11.8 Å². The second kappa shape index (κ2) is 16.0. The van der Waals surface area contributed by atoms with Crippen molar-refractivity contribution in [2.75, 3.05) is 18.8 Å². The van der Waals surface area contributed by atoms with Crippen LogP contribution >= 0.6 is 11.8 Å². The summed E-state index contributed by atoms with van der Waals surface area (Å²) < 4.78 is -0.533. The summed E-state index contributed by atoms with van der Waals surface area (Å²) in [6.07, 6.45) is 0. The van der Waals surface area contributed by atoms with Gasteiger partial charge >= 0.3 is 0 Å². The summed E-state index contributed by atoms with van der Waals surface area (Å²) in [5.74, 6) is -0.288. The molecule has 0 aromatic heterocycles. The first-order valence-corrected chi connectivity index (χ1v) is 19.1. The summed E-state index contributed by atoms with van der Waals surface area (Å²) in [6, 6.07) is 38.6. The molecule has 53 heavy (non-hydrogen) atoms. The van der Waals surface area contributed by atoms with Gasteiger partial charge in [0.1, 0.15) is 0 Å². The summed E-state index contributed by atoms with van der Waals surface area (Å²) >= 11 is 1.60. The lowest BCUT2D eigenvalue weighted by Gasteiger charge is -2.44. The van der Waals surface area contributed by atoms with Gasteiger partial charge in [-0.3, -0.25) is 19.2 Å². The third kappa shape index (κ3) is 9.02. The van der Waals surface area contributed by atoms with Crippen molar-refractivity contribution in [1.29, 1.82) is 0 Å². The predicted octanol–water partition coefficient (Wildman–Crippen LogP) is 6.59. The number of rotatable bonds is 11. The number of β-lactam (4-membered cyclic amide) rings is 2. The zero-order chi connectivity index (χ0) is 38.4. The molecule has 2 saturated heterocycles. The average molecular weight is 733 g/mol. The molecular formula is C44H52N4O4S. The SMILES string of the molecule is CC(C)(C)c1ccc(C(=O)NC[C@@H]2C(=O)NC2(C)C)cc1.CC1(C)NC(=O)[C@H]1CNC(=O)CSC(c1ccccc1)(c1ccccc1)c1ccccc1. The second-order valence-electron chi connectivity index (χ2n) is 15.9. The van der Waals surface area contributed by atoms with E-state index < -0.39 is 4.75 Å². The Balaban J connectivity index is 0.000000224. The molecule has 2 fully saturated rings. The fraction of sp³-hybridized carbons (Fsp3) is 0.364. The standard InChI is InChI=1S/C27H28N2O2S.C17H24N2O2/c1-26(2)23(25(31)29-26)18-28-24(30)19-32-27(20-12-6-3-7-13-20,21-14-8-4-9-15-21)22-16-10-5-11-17-22;1-16(2,3)12-8-6-11(7-9-12)14(20)18-10-13-15(21)19-17(13,4)5/h3-17,23H,18-19H2,1-2H3,(H,28,30)(H,29,31);6-9,13H,10H2,1-5H3,(H,18,20)(H,19,21)/t23-;13-/m11/s1. The number of amides is 4. The van der Waals surface area contributed by atoms with Gasteiger partial charge in [-0.05, 0) is 67.5 Å². The second-order valence-corrected chi connectivity index (χ2v) is 17.1. The number of nitrogens with one attached hydrogen (secondary N) is 4. The van der Waals surface area contributed by atoms with Gasteiger partial charge in [0.2, 0.25) is 17.7 Å². The van der Waals surface area contributed by atoms with Crippen molar-refractivity contribution in [3.63, 3.8) is 0 Å². The van der Waals surface area contributed by atoms with Gasteiger partial charge in [0.05, 0.1) is 22.3 Å². The topological polar surface area (TPSA) is 116 Å². The first-order valence-electron chi connectivity index (χ1n) is 18.1. The summed E-state index contributed by atoms with van der Waals surface area (Å²) in [4.78, 5) is 48.4. The fourth-order valence-corrected chi connectivity index (χ4v) is 8.16. The molecule has 0 spiro atoms. The van der Waals surface area contributed by atoms with Gasteiger partial charge in [-0.15, -0.1) is 11.8 Å². The molecule has 0 unspecified atom stereocenters. The van der Waals surface area contributed by atoms with Gasteiger partial charge in [0.25, 0.3) is 5.91 Å². The smallest absolute Gasteiger partial charge is 0.251 e. The molecule has 4 N–H and O–H groups in total. The van der Waals surface area contributed by atoms with Crippen LogP contribution in [-0.2, 0) is 24.5 Å². The van der Waals surface area contributed by atoms with E-state index in [4.69, 9.17) is 0 Å². The van der Waals surface area contributed by atoms with E-state index in [0.29, 0.717) is 18.7 Å². The lowest BCUT2D eigenvalue weighted by atomic mass is 9.79. The average Bonchev–Trinajstić information content (AvgIpc) is 3.12. The van der Waals surface area contributed by atoms with Crippen LogP contribution < -0.4 is 21.3 Å². The lowest BCUT2D eigenvalue weighted by molar-refractivity contribution is -0.140. The maximum atomic E-state index is 12.9. The number of hydrogen-bond donors (Lipinski definition) is 4. The van der Waals surface area contributed by atoms with E-state index in [1.807, 2.05) is 107 Å². The van der Waals surface area contributed by atoms with Crippen molar-refractivity contribution < 1.29 is 19.2 Å². The summed E-state index contributed by atoms with van der Waals surface area (Å²) in [5, 5.41) is 11.5. The molecule has 0 bridgehead atoms. The molecule has 0 saturated carbocycles. The minimum Gasteiger partial charge on any atom is -0.354 e. The van der Waals surface area contributed by atoms with E-state index in [9.17, 15) is 19.2 Å². The third-order valence-corrected chi connectivity index (χ3v) is 11.8. The highest BCUT2D eigenvalue weighted by Crippen LogP contribution is 2.48. The van der Waals surface area contributed by atoms with Crippen LogP contribution in [0.1, 0.15) is 81.1 Å². The fourth-order valence-electron chi connectivity index (χ4n) is 6.81. The van der Waals surface area contributed by atoms with Crippen LogP contribution in [0.5, 0.6) is 0 Å². The zero-order valence-electron chi connectivity index (χ0n) is 31.8. The normalized spacial score (nSPS) is 18.5. The molecule has 278 valence electrons. The molecule has 0 radical (unpaired) electrons. The molecule has 0 aliphatic carbocycles. The molecule has 2 aliphatic rings. The minimum atomic E-state index is -0.533. The Bertz CT molecular complexity index is 1790. The highest BCUT2D eigenvalue weighted by molar-refractivity contribution is 8.01. The van der Waals surface area contributed by atoms with Crippen molar-refractivity contribution in [1.82, 2.24) is 21.3 Å². The first kappa shape index (κ1) is 39.3. The molecular weight excluding hydrogens is 681 g/mol. The molecule has 4 aromatic carbocycles. The predicted molar refractivity (Wildman–Crippen MR) is 214 cm³/mol. The van der Waals surface area contributed by atoms with Crippen LogP contribution in [-0.4, -0.2) is 53.5 Å². The van der Waals surface area contributed by atoms with Crippen LogP contribution in [0.4, 0.5) is 0 Å². The number of carbonyl (C=O) groups excluding carboxylic acids is 4. The van der Waals surface area contributed by atoms with Gasteiger partial charge < -0.3 is 21.3 Å². The molecule has 4 aromatic rings. The molecule has 8 nitrogen and oxygen atoms in total. The van der Waals surface area contributed by atoms with E-state index in [2.05, 4.69) is 78.4 Å². The van der Waals surface area contributed by atoms with Crippen molar-refractivity contribution in [3.8, 4) is 0 Å². The van der Waals surface area contributed by atoms with Gasteiger partial charge in [-0.25, -0.2) is 0 Å². The summed E-state index contributed by atoms with van der Waals surface area (Å²) in [7, 11) is 0. The largest absolute Gasteiger partial charge is 0.354 e. The highest BCUT2D eigenvalue weighted by atomic mass is 32.2. The molecule has 9 heteroatoms. The Morgan fingerprint density at radius 2 is 1.00 bits per heavy atom. The van der Waals surface area contributed by atoms with E-state index >= 15 is 0 Å². The first-order chi connectivity index (χ1) is 25.0. The zero-order valence-corrected chi connectivity index (χ0v) is 32.6. The number of hydrogen-bond acceptors (Lipinski definition) is 5. The van der Waals surface area contributed by atoms with Crippen LogP contribution in [0.15, 0.2) is 115 Å². The van der Waals surface area contributed by atoms with Crippen LogP contribution in [0.3, 0.4) is 0 Å². The van der Waals surface area contributed by atoms with Gasteiger partial charge in [0.15, 0.2) is 0 Å². The molecule has 2 heterocycles. The van der Waals surface area contributed by atoms with Crippen LogP contribution in [0, 0.1) is 11.8 Å². The summed E-state index contributed by atoms with van der Waals surface area (Å²) in [5.41, 5.74) is 4.74. The Morgan fingerprint density at radius 1 is 0.604 bits per heavy atom. The maximum Gasteiger partial charge on any atom is 0.251 e. The monoisotopic (exact) mass is 732 g/mol. The van der Waals surface area contributed by atoms with Gasteiger partial charge in [0, 0.05) is 29.7 Å². The van der Waals surface area contributed by atoms with Crippen molar-refractivity contribution in [2.45, 2.75) is 69.7 Å². The quantitative estimate of drug-likeness (QED) is 0.103. The van der Waals surface area contributed by atoms with Crippen molar-refractivity contribution >= 4 is 35.4 Å². The Labute approximate surface area is 318 Å². The van der Waals surface area contributed by atoms with E-state index in [-0.39, 0.29) is 57.7 Å². The number of thioether (sulfide) groups is 1.